The number of hydrogen-bond donors (Lipinski definition) is 3. The number of amides is 2. The summed E-state index contributed by atoms with van der Waals surface area (Å²) in [5, 5.41) is 15.5. The minimum absolute atomic E-state index is 0.0278. The van der Waals surface area contributed by atoms with Crippen molar-refractivity contribution >= 4 is 41.0 Å². The van der Waals surface area contributed by atoms with Crippen molar-refractivity contribution in [3.8, 4) is 22.6 Å². The Labute approximate surface area is 307 Å². The van der Waals surface area contributed by atoms with Crippen LogP contribution in [0.15, 0.2) is 109 Å². The molecule has 0 bridgehead atoms. The largest absolute Gasteiger partial charge is 0.480 e. The molecule has 3 N–H and O–H groups in total. The predicted molar refractivity (Wildman–Crippen MR) is 193 cm³/mol. The Kier molecular flexibility index (Phi) is 11.2. The maximum atomic E-state index is 13.5. The molecule has 10 nitrogen and oxygen atoms in total. The van der Waals surface area contributed by atoms with Gasteiger partial charge < -0.3 is 25.4 Å². The van der Waals surface area contributed by atoms with E-state index in [-0.39, 0.29) is 41.7 Å². The number of nitrogens with zero attached hydrogens (tertiary/aromatic N) is 3. The van der Waals surface area contributed by atoms with Gasteiger partial charge in [-0.05, 0) is 66.4 Å². The Morgan fingerprint density at radius 2 is 1.62 bits per heavy atom. The molecule has 1 saturated heterocycles. The monoisotopic (exact) mass is 743 g/mol. The van der Waals surface area contributed by atoms with Gasteiger partial charge in [-0.3, -0.25) is 9.59 Å². The van der Waals surface area contributed by atoms with Gasteiger partial charge in [0.2, 0.25) is 11.9 Å². The van der Waals surface area contributed by atoms with Crippen LogP contribution in [0.3, 0.4) is 0 Å². The zero-order chi connectivity index (χ0) is 37.5. The second kappa shape index (κ2) is 16.2. The van der Waals surface area contributed by atoms with E-state index in [9.17, 15) is 32.7 Å². The van der Waals surface area contributed by atoms with Crippen LogP contribution in [0.25, 0.3) is 11.1 Å². The number of rotatable bonds is 11. The highest BCUT2D eigenvalue weighted by Gasteiger charge is 2.34. The molecule has 0 spiro atoms. The van der Waals surface area contributed by atoms with E-state index in [2.05, 4.69) is 20.6 Å². The van der Waals surface area contributed by atoms with Crippen LogP contribution < -0.4 is 20.3 Å². The van der Waals surface area contributed by atoms with Gasteiger partial charge in [-0.15, -0.1) is 0 Å². The van der Waals surface area contributed by atoms with Crippen molar-refractivity contribution in [2.75, 3.05) is 23.3 Å². The highest BCUT2D eigenvalue weighted by atomic mass is 35.5. The standard InChI is InChI=1S/C39H33ClF3N5O5/c40-27-14-15-31(45-35(49)26-17-20-48(21-18-26)38-44-19-16-34(47-38)39(41,42)43)30(23-27)36(50)46-32(37(51)52)22-24-10-12-25(13-11-24)29-8-4-5-9-33(29)53-28-6-2-1-3-7-28/h1-16,19,23,26,32H,17-18,20-22H2,(H,45,49)(H,46,50)(H,51,52). The summed E-state index contributed by atoms with van der Waals surface area (Å²) >= 11 is 6.20. The van der Waals surface area contributed by atoms with Gasteiger partial charge in [-0.25, -0.2) is 14.8 Å². The van der Waals surface area contributed by atoms with Crippen LogP contribution in [0.4, 0.5) is 24.8 Å². The molecular formula is C39H33ClF3N5O5. The van der Waals surface area contributed by atoms with E-state index in [1.807, 2.05) is 66.7 Å². The van der Waals surface area contributed by atoms with Crippen LogP contribution in [0.2, 0.25) is 5.02 Å². The second-order valence-corrected chi connectivity index (χ2v) is 12.8. The lowest BCUT2D eigenvalue weighted by molar-refractivity contribution is -0.141. The fourth-order valence-corrected chi connectivity index (χ4v) is 6.12. The molecule has 5 aromatic rings. The van der Waals surface area contributed by atoms with Gasteiger partial charge in [-0.1, -0.05) is 72.3 Å². The number of benzene rings is 4. The van der Waals surface area contributed by atoms with E-state index in [0.29, 0.717) is 29.9 Å². The third kappa shape index (κ3) is 9.29. The van der Waals surface area contributed by atoms with Gasteiger partial charge >= 0.3 is 12.1 Å². The average molecular weight is 744 g/mol. The van der Waals surface area contributed by atoms with E-state index >= 15 is 0 Å². The lowest BCUT2D eigenvalue weighted by Crippen LogP contribution is -2.43. The van der Waals surface area contributed by atoms with Gasteiger partial charge in [-0.2, -0.15) is 13.2 Å². The summed E-state index contributed by atoms with van der Waals surface area (Å²) in [5.41, 5.74) is 1.40. The maximum absolute atomic E-state index is 13.5. The normalized spacial score (nSPS) is 13.9. The van der Waals surface area contributed by atoms with Crippen LogP contribution in [-0.2, 0) is 22.2 Å². The van der Waals surface area contributed by atoms with Crippen molar-refractivity contribution in [3.63, 3.8) is 0 Å². The van der Waals surface area contributed by atoms with E-state index in [4.69, 9.17) is 16.3 Å². The van der Waals surface area contributed by atoms with E-state index in [1.165, 1.54) is 18.2 Å². The first kappa shape index (κ1) is 36.8. The van der Waals surface area contributed by atoms with Gasteiger partial charge in [0.05, 0.1) is 11.3 Å². The number of aromatic nitrogens is 2. The number of carbonyl (C=O) groups is 3. The molecule has 1 unspecified atom stereocenters. The molecule has 2 amide bonds. The van der Waals surface area contributed by atoms with Gasteiger partial charge in [0.15, 0.2) is 0 Å². The van der Waals surface area contributed by atoms with Crippen molar-refractivity contribution in [1.29, 1.82) is 0 Å². The third-order valence-corrected chi connectivity index (χ3v) is 8.97. The topological polar surface area (TPSA) is 134 Å². The second-order valence-electron chi connectivity index (χ2n) is 12.4. The Morgan fingerprint density at radius 3 is 2.32 bits per heavy atom. The summed E-state index contributed by atoms with van der Waals surface area (Å²) < 4.78 is 45.5. The van der Waals surface area contributed by atoms with Crippen LogP contribution in [0, 0.1) is 5.92 Å². The summed E-state index contributed by atoms with van der Waals surface area (Å²) in [6, 6.07) is 28.0. The summed E-state index contributed by atoms with van der Waals surface area (Å²) in [6.07, 6.45) is -2.99. The van der Waals surface area contributed by atoms with Crippen LogP contribution >= 0.6 is 11.6 Å². The minimum atomic E-state index is -4.61. The first-order valence-electron chi connectivity index (χ1n) is 16.6. The van der Waals surface area contributed by atoms with E-state index in [0.717, 1.165) is 23.4 Å². The number of carboxylic acid groups (broad SMARTS) is 1. The van der Waals surface area contributed by atoms with Crippen molar-refractivity contribution in [2.24, 2.45) is 5.92 Å². The Bertz CT molecular complexity index is 2090. The molecule has 0 saturated carbocycles. The van der Waals surface area contributed by atoms with Crippen LogP contribution in [0.5, 0.6) is 11.5 Å². The molecule has 1 aliphatic heterocycles. The quantitative estimate of drug-likeness (QED) is 0.124. The molecular weight excluding hydrogens is 711 g/mol. The number of para-hydroxylation sites is 2. The first-order chi connectivity index (χ1) is 25.4. The number of nitrogens with one attached hydrogen (secondary N) is 2. The molecule has 1 atom stereocenters. The number of aliphatic carboxylic acids is 1. The fourth-order valence-electron chi connectivity index (χ4n) is 5.95. The summed E-state index contributed by atoms with van der Waals surface area (Å²) in [5.74, 6) is -1.66. The van der Waals surface area contributed by atoms with Crippen molar-refractivity contribution in [2.45, 2.75) is 31.5 Å². The summed E-state index contributed by atoms with van der Waals surface area (Å²) in [6.45, 7) is 0.477. The lowest BCUT2D eigenvalue weighted by atomic mass is 9.95. The summed E-state index contributed by atoms with van der Waals surface area (Å²) in [4.78, 5) is 48.3. The molecule has 6 rings (SSSR count). The number of carboxylic acids is 1. The number of ether oxygens (including phenoxy) is 1. The minimum Gasteiger partial charge on any atom is -0.480 e. The molecule has 53 heavy (non-hydrogen) atoms. The highest BCUT2D eigenvalue weighted by molar-refractivity contribution is 6.31. The predicted octanol–water partition coefficient (Wildman–Crippen LogP) is 7.89. The van der Waals surface area contributed by atoms with Crippen LogP contribution in [-0.4, -0.2) is 52.0 Å². The highest BCUT2D eigenvalue weighted by Crippen LogP contribution is 2.34. The molecule has 1 fully saturated rings. The van der Waals surface area contributed by atoms with Gasteiger partial charge in [0, 0.05) is 42.2 Å². The van der Waals surface area contributed by atoms with Crippen molar-refractivity contribution < 1.29 is 37.4 Å². The Morgan fingerprint density at radius 1 is 0.925 bits per heavy atom. The molecule has 14 heteroatoms. The Hall–Kier alpha value is -5.95. The van der Waals surface area contributed by atoms with E-state index in [1.54, 1.807) is 17.0 Å². The van der Waals surface area contributed by atoms with Crippen LogP contribution in [0.1, 0.15) is 34.5 Å². The molecule has 2 heterocycles. The number of hydrogen-bond acceptors (Lipinski definition) is 7. The average Bonchev–Trinajstić information content (AvgIpc) is 3.16. The van der Waals surface area contributed by atoms with Gasteiger partial charge in [0.1, 0.15) is 23.2 Å². The zero-order valence-corrected chi connectivity index (χ0v) is 28.8. The number of halogens is 4. The van der Waals surface area contributed by atoms with Crippen molar-refractivity contribution in [3.05, 3.63) is 131 Å². The van der Waals surface area contributed by atoms with E-state index < -0.39 is 41.6 Å². The number of alkyl halides is 3. The molecule has 1 aromatic heterocycles. The molecule has 1 aliphatic rings. The number of anilines is 2. The molecule has 0 radical (unpaired) electrons. The first-order valence-corrected chi connectivity index (χ1v) is 17.0. The smallest absolute Gasteiger partial charge is 0.433 e. The molecule has 4 aromatic carbocycles. The van der Waals surface area contributed by atoms with Gasteiger partial charge in [0.25, 0.3) is 5.91 Å². The SMILES string of the molecule is O=C(NC(Cc1ccc(-c2ccccc2Oc2ccccc2)cc1)C(=O)O)c1cc(Cl)ccc1NC(=O)C1CCN(c2nccc(C(F)(F)F)n2)CC1. The maximum Gasteiger partial charge on any atom is 0.433 e. The third-order valence-electron chi connectivity index (χ3n) is 8.73. The molecule has 0 aliphatic carbocycles. The lowest BCUT2D eigenvalue weighted by Gasteiger charge is -2.31. The Balaban J connectivity index is 1.09. The number of piperidine rings is 1. The summed E-state index contributed by atoms with van der Waals surface area (Å²) in [7, 11) is 0. The number of carbonyl (C=O) groups excluding carboxylic acids is 2. The van der Waals surface area contributed by atoms with Crippen molar-refractivity contribution in [1.82, 2.24) is 15.3 Å². The fraction of sp³-hybridized carbons (Fsp3) is 0.205. The zero-order valence-electron chi connectivity index (χ0n) is 28.0. The molecule has 272 valence electrons.